The van der Waals surface area contributed by atoms with Gasteiger partial charge in [0.05, 0.1) is 44.3 Å². The number of aromatic nitrogens is 2. The van der Waals surface area contributed by atoms with E-state index in [-0.39, 0.29) is 22.4 Å². The van der Waals surface area contributed by atoms with Crippen molar-refractivity contribution in [3.8, 4) is 17.8 Å². The predicted molar refractivity (Wildman–Crippen MR) is 114 cm³/mol. The third-order valence-corrected chi connectivity index (χ3v) is 5.98. The first kappa shape index (κ1) is 24.5. The first-order valence-electron chi connectivity index (χ1n) is 9.59. The molecule has 13 heteroatoms. The highest BCUT2D eigenvalue weighted by atomic mass is 35.5. The molecule has 4 rings (SSSR count). The zero-order valence-corrected chi connectivity index (χ0v) is 18.6. The number of alkyl halides is 5. The van der Waals surface area contributed by atoms with Crippen LogP contribution in [0.5, 0.6) is 0 Å². The second-order valence-electron chi connectivity index (χ2n) is 7.41. The zero-order chi connectivity index (χ0) is 25.5. The Morgan fingerprint density at radius 1 is 1.09 bits per heavy atom. The molecular formula is C22H10Cl2F5N5O. The summed E-state index contributed by atoms with van der Waals surface area (Å²) in [4.78, 5) is 4.90. The van der Waals surface area contributed by atoms with Gasteiger partial charge < -0.3 is 4.84 Å². The number of rotatable bonds is 4. The monoisotopic (exact) mass is 525 g/mol. The second-order valence-corrected chi connectivity index (χ2v) is 8.23. The number of nitrogens with zero attached hydrogens (tertiary/aromatic N) is 5. The van der Waals surface area contributed by atoms with Crippen LogP contribution < -0.4 is 0 Å². The summed E-state index contributed by atoms with van der Waals surface area (Å²) in [5, 5.41) is 24.8. The highest BCUT2D eigenvalue weighted by Crippen LogP contribution is 2.50. The molecule has 0 saturated heterocycles. The summed E-state index contributed by atoms with van der Waals surface area (Å²) in [5.41, 5.74) is -3.82. The van der Waals surface area contributed by atoms with Crippen molar-refractivity contribution in [3.63, 3.8) is 0 Å². The van der Waals surface area contributed by atoms with E-state index in [4.69, 9.17) is 33.3 Å². The minimum absolute atomic E-state index is 0.0506. The number of hydrogen-bond donors (Lipinski definition) is 0. The second kappa shape index (κ2) is 8.84. The summed E-state index contributed by atoms with van der Waals surface area (Å²) in [6.45, 7) is 0. The lowest BCUT2D eigenvalue weighted by Crippen LogP contribution is -2.42. The largest absolute Gasteiger partial charge is 0.435 e. The Hall–Kier alpha value is -3.67. The Kier molecular flexibility index (Phi) is 6.18. The maximum absolute atomic E-state index is 14.3. The van der Waals surface area contributed by atoms with Gasteiger partial charge in [-0.15, -0.1) is 0 Å². The molecule has 0 radical (unpaired) electrons. The topological polar surface area (TPSA) is 87.0 Å². The van der Waals surface area contributed by atoms with E-state index in [1.165, 1.54) is 35.3 Å². The maximum Gasteiger partial charge on any atom is 0.435 e. The van der Waals surface area contributed by atoms with Gasteiger partial charge in [0.25, 0.3) is 12.0 Å². The van der Waals surface area contributed by atoms with Gasteiger partial charge in [-0.3, -0.25) is 0 Å². The highest BCUT2D eigenvalue weighted by molar-refractivity contribution is 6.36. The van der Waals surface area contributed by atoms with E-state index < -0.39 is 45.8 Å². The fourth-order valence-electron chi connectivity index (χ4n) is 3.60. The van der Waals surface area contributed by atoms with Crippen molar-refractivity contribution >= 4 is 28.9 Å². The van der Waals surface area contributed by atoms with Gasteiger partial charge in [-0.05, 0) is 24.3 Å². The Balaban J connectivity index is 1.73. The van der Waals surface area contributed by atoms with E-state index in [1.54, 1.807) is 0 Å². The minimum atomic E-state index is -5.03. The summed E-state index contributed by atoms with van der Waals surface area (Å²) in [6, 6.07) is 9.44. The van der Waals surface area contributed by atoms with Crippen molar-refractivity contribution in [3.05, 3.63) is 80.6 Å². The van der Waals surface area contributed by atoms with Crippen LogP contribution in [-0.4, -0.2) is 21.7 Å². The van der Waals surface area contributed by atoms with Crippen LogP contribution in [0.15, 0.2) is 47.9 Å². The molecule has 1 aromatic heterocycles. The van der Waals surface area contributed by atoms with Crippen LogP contribution in [0.4, 0.5) is 22.0 Å². The number of benzene rings is 2. The average Bonchev–Trinajstić information content (AvgIpc) is 3.46. The van der Waals surface area contributed by atoms with Gasteiger partial charge in [-0.25, -0.2) is 13.5 Å². The summed E-state index contributed by atoms with van der Waals surface area (Å²) in [6.07, 6.45) is -6.28. The molecule has 0 aliphatic carbocycles. The molecule has 1 aliphatic heterocycles. The lowest BCUT2D eigenvalue weighted by molar-refractivity contribution is -0.275. The van der Waals surface area contributed by atoms with E-state index in [1.807, 2.05) is 12.1 Å². The molecule has 178 valence electrons. The predicted octanol–water partition coefficient (Wildman–Crippen LogP) is 6.44. The van der Waals surface area contributed by atoms with Crippen molar-refractivity contribution in [1.29, 1.82) is 10.5 Å². The number of oxime groups is 1. The lowest BCUT2D eigenvalue weighted by Gasteiger charge is -2.30. The van der Waals surface area contributed by atoms with Crippen LogP contribution >= 0.6 is 23.2 Å². The van der Waals surface area contributed by atoms with E-state index in [9.17, 15) is 27.2 Å². The van der Waals surface area contributed by atoms with Crippen LogP contribution in [0.3, 0.4) is 0 Å². The first-order chi connectivity index (χ1) is 16.5. The highest BCUT2D eigenvalue weighted by Gasteiger charge is 2.62. The van der Waals surface area contributed by atoms with Crippen molar-refractivity contribution in [2.24, 2.45) is 5.16 Å². The van der Waals surface area contributed by atoms with Gasteiger partial charge in [-0.1, -0.05) is 34.4 Å². The summed E-state index contributed by atoms with van der Waals surface area (Å²) in [5.74, 6) is 0. The summed E-state index contributed by atoms with van der Waals surface area (Å²) >= 11 is 11.6. The SMILES string of the molecule is N#Cc1cnn(-c2ccc(C3=NOC(c4cc(Cl)c(C(F)F)c(Cl)c4)(C(F)(F)F)C3)cc2C#N)c1. The van der Waals surface area contributed by atoms with E-state index in [2.05, 4.69) is 10.3 Å². The van der Waals surface area contributed by atoms with Gasteiger partial charge >= 0.3 is 6.18 Å². The van der Waals surface area contributed by atoms with Crippen molar-refractivity contribution in [2.45, 2.75) is 24.6 Å². The number of hydrogen-bond acceptors (Lipinski definition) is 5. The van der Waals surface area contributed by atoms with E-state index >= 15 is 0 Å². The number of halogens is 7. The molecule has 35 heavy (non-hydrogen) atoms. The standard InChI is InChI=1S/C22H10Cl2F5N5O/c23-15-4-14(5-16(24)19(15)20(25)26)21(22(27,28)29)6-17(33-35-21)12-1-2-18(13(3-12)8-31)34-10-11(7-30)9-32-34/h1-5,9-10,20H,6H2. The summed E-state index contributed by atoms with van der Waals surface area (Å²) < 4.78 is 70.4. The minimum Gasteiger partial charge on any atom is -0.374 e. The molecule has 0 bridgehead atoms. The van der Waals surface area contributed by atoms with Crippen molar-refractivity contribution < 1.29 is 26.8 Å². The molecule has 1 unspecified atom stereocenters. The summed E-state index contributed by atoms with van der Waals surface area (Å²) in [7, 11) is 0. The molecule has 1 atom stereocenters. The third-order valence-electron chi connectivity index (χ3n) is 5.36. The first-order valence-corrected chi connectivity index (χ1v) is 10.4. The quantitative estimate of drug-likeness (QED) is 0.366. The molecule has 0 saturated carbocycles. The lowest BCUT2D eigenvalue weighted by atomic mass is 9.86. The molecule has 6 nitrogen and oxygen atoms in total. The van der Waals surface area contributed by atoms with Gasteiger partial charge in [-0.2, -0.15) is 28.8 Å². The molecule has 0 amide bonds. The smallest absolute Gasteiger partial charge is 0.374 e. The Morgan fingerprint density at radius 2 is 1.77 bits per heavy atom. The van der Waals surface area contributed by atoms with Crippen LogP contribution in [-0.2, 0) is 10.4 Å². The Morgan fingerprint density at radius 3 is 2.31 bits per heavy atom. The van der Waals surface area contributed by atoms with Gasteiger partial charge in [0.1, 0.15) is 12.1 Å². The maximum atomic E-state index is 14.3. The van der Waals surface area contributed by atoms with Crippen LogP contribution in [0.25, 0.3) is 5.69 Å². The Labute approximate surface area is 204 Å². The fraction of sp³-hybridized carbons (Fsp3) is 0.182. The van der Waals surface area contributed by atoms with Crippen LogP contribution in [0, 0.1) is 22.7 Å². The molecule has 1 aliphatic rings. The molecule has 0 N–H and O–H groups in total. The molecular weight excluding hydrogens is 516 g/mol. The van der Waals surface area contributed by atoms with Crippen molar-refractivity contribution in [2.75, 3.05) is 0 Å². The van der Waals surface area contributed by atoms with Crippen LogP contribution in [0.1, 0.15) is 40.7 Å². The van der Waals surface area contributed by atoms with Crippen LogP contribution in [0.2, 0.25) is 10.0 Å². The third kappa shape index (κ3) is 4.18. The number of nitriles is 2. The zero-order valence-electron chi connectivity index (χ0n) is 17.1. The molecule has 2 aromatic carbocycles. The molecule has 3 aromatic rings. The van der Waals surface area contributed by atoms with Crippen molar-refractivity contribution in [1.82, 2.24) is 9.78 Å². The van der Waals surface area contributed by atoms with Gasteiger partial charge in [0.15, 0.2) is 0 Å². The molecule has 0 fully saturated rings. The molecule has 0 spiro atoms. The molecule has 2 heterocycles. The average molecular weight is 526 g/mol. The van der Waals surface area contributed by atoms with E-state index in [0.29, 0.717) is 5.69 Å². The van der Waals surface area contributed by atoms with E-state index in [0.717, 1.165) is 12.1 Å². The Bertz CT molecular complexity index is 1410. The normalized spacial score (nSPS) is 17.6. The van der Waals surface area contributed by atoms with Gasteiger partial charge in [0, 0.05) is 23.7 Å². The fourth-order valence-corrected chi connectivity index (χ4v) is 4.25. The van der Waals surface area contributed by atoms with Gasteiger partial charge in [0.2, 0.25) is 0 Å².